The highest BCUT2D eigenvalue weighted by atomic mass is 32.2. The Morgan fingerprint density at radius 1 is 1.75 bits per heavy atom. The molecule has 0 aromatic carbocycles. The summed E-state index contributed by atoms with van der Waals surface area (Å²) in [5.74, 6) is 0.834. The van der Waals surface area contributed by atoms with Gasteiger partial charge in [0.05, 0.1) is 0 Å². The van der Waals surface area contributed by atoms with Crippen LogP contribution < -0.4 is 5.32 Å². The molecule has 0 aliphatic carbocycles. The molecule has 1 saturated heterocycles. The predicted molar refractivity (Wildman–Crippen MR) is 35.3 cm³/mol. The smallest absolute Gasteiger partial charge is 0.0444 e. The van der Waals surface area contributed by atoms with Crippen LogP contribution in [0.1, 0.15) is 6.92 Å². The van der Waals surface area contributed by atoms with Gasteiger partial charge >= 0.3 is 0 Å². The van der Waals surface area contributed by atoms with Crippen LogP contribution >= 0.6 is 0 Å². The van der Waals surface area contributed by atoms with Gasteiger partial charge in [-0.05, 0) is 6.92 Å². The molecule has 0 radical (unpaired) electrons. The Morgan fingerprint density at radius 2 is 2.50 bits per heavy atom. The first-order chi connectivity index (χ1) is 3.80. The van der Waals surface area contributed by atoms with Gasteiger partial charge in [-0.25, -0.2) is 0 Å². The summed E-state index contributed by atoms with van der Waals surface area (Å²) >= 11 is 0. The Morgan fingerprint density at radius 3 is 2.88 bits per heavy atom. The Balaban J connectivity index is 2.39. The van der Waals surface area contributed by atoms with Crippen LogP contribution in [-0.2, 0) is 10.8 Å². The minimum atomic E-state index is -0.547. The van der Waals surface area contributed by atoms with Gasteiger partial charge in [0.15, 0.2) is 0 Å². The second-order valence-electron chi connectivity index (χ2n) is 2.10. The topological polar surface area (TPSA) is 29.1 Å². The van der Waals surface area contributed by atoms with Gasteiger partial charge in [-0.15, -0.1) is 0 Å². The van der Waals surface area contributed by atoms with E-state index >= 15 is 0 Å². The van der Waals surface area contributed by atoms with E-state index in [0.29, 0.717) is 5.25 Å². The van der Waals surface area contributed by atoms with Crippen LogP contribution in [0, 0.1) is 0 Å². The van der Waals surface area contributed by atoms with Gasteiger partial charge in [0.25, 0.3) is 0 Å². The summed E-state index contributed by atoms with van der Waals surface area (Å²) in [7, 11) is -0.547. The van der Waals surface area contributed by atoms with Crippen LogP contribution in [0.4, 0.5) is 0 Å². The molecule has 1 heterocycles. The lowest BCUT2D eigenvalue weighted by molar-refractivity contribution is 0.628. The first kappa shape index (κ1) is 6.23. The van der Waals surface area contributed by atoms with Crippen LogP contribution in [0.15, 0.2) is 0 Å². The summed E-state index contributed by atoms with van der Waals surface area (Å²) in [6, 6.07) is 0. The molecule has 0 spiro atoms. The molecule has 0 bridgehead atoms. The molecule has 1 rings (SSSR count). The van der Waals surface area contributed by atoms with Gasteiger partial charge in [-0.2, -0.15) is 0 Å². The molecular formula is C5H11NOS. The van der Waals surface area contributed by atoms with Crippen LogP contribution in [0.5, 0.6) is 0 Å². The van der Waals surface area contributed by atoms with Gasteiger partial charge in [0.2, 0.25) is 0 Å². The van der Waals surface area contributed by atoms with Crippen molar-refractivity contribution in [2.75, 3.05) is 18.8 Å². The summed E-state index contributed by atoms with van der Waals surface area (Å²) in [5.41, 5.74) is 0. The minimum Gasteiger partial charge on any atom is -0.315 e. The normalized spacial score (nSPS) is 39.6. The van der Waals surface area contributed by atoms with Crippen LogP contribution in [0.2, 0.25) is 0 Å². The maximum absolute atomic E-state index is 10.9. The van der Waals surface area contributed by atoms with Crippen molar-refractivity contribution in [3.63, 3.8) is 0 Å². The van der Waals surface area contributed by atoms with E-state index in [1.165, 1.54) is 0 Å². The lowest BCUT2D eigenvalue weighted by atomic mass is 10.4. The van der Waals surface area contributed by atoms with Crippen molar-refractivity contribution < 1.29 is 4.21 Å². The Bertz CT molecular complexity index is 105. The Kier molecular flexibility index (Phi) is 2.02. The fraction of sp³-hybridized carbons (Fsp3) is 1.00. The highest BCUT2D eigenvalue weighted by molar-refractivity contribution is 7.85. The van der Waals surface area contributed by atoms with Crippen molar-refractivity contribution in [1.29, 1.82) is 0 Å². The zero-order valence-electron chi connectivity index (χ0n) is 5.02. The van der Waals surface area contributed by atoms with Crippen molar-refractivity contribution in [1.82, 2.24) is 5.32 Å². The molecule has 1 fully saturated rings. The minimum absolute atomic E-state index is 0.365. The SMILES string of the molecule is CC1CNCCS1=O. The first-order valence-electron chi connectivity index (χ1n) is 2.88. The van der Waals surface area contributed by atoms with Crippen LogP contribution in [0.25, 0.3) is 0 Å². The Hall–Kier alpha value is 0.110. The number of hydrogen-bond donors (Lipinski definition) is 1. The van der Waals surface area contributed by atoms with Crippen molar-refractivity contribution >= 4 is 10.8 Å². The molecule has 3 heteroatoms. The average Bonchev–Trinajstić information content (AvgIpc) is 1.77. The van der Waals surface area contributed by atoms with E-state index in [2.05, 4.69) is 5.32 Å². The molecular weight excluding hydrogens is 122 g/mol. The van der Waals surface area contributed by atoms with Gasteiger partial charge < -0.3 is 5.32 Å². The molecule has 48 valence electrons. The zero-order chi connectivity index (χ0) is 5.98. The molecule has 2 unspecified atom stereocenters. The van der Waals surface area contributed by atoms with E-state index < -0.39 is 10.8 Å². The summed E-state index contributed by atoms with van der Waals surface area (Å²) in [5, 5.41) is 3.54. The van der Waals surface area contributed by atoms with Crippen LogP contribution in [0.3, 0.4) is 0 Å². The molecule has 1 aliphatic heterocycles. The average molecular weight is 133 g/mol. The standard InChI is InChI=1S/C5H11NOS/c1-5-4-6-2-3-8(5)7/h5-6H,2-4H2,1H3. The van der Waals surface area contributed by atoms with E-state index in [0.717, 1.165) is 18.8 Å². The third-order valence-electron chi connectivity index (χ3n) is 1.36. The quantitative estimate of drug-likeness (QED) is 0.493. The number of nitrogens with one attached hydrogen (secondary N) is 1. The molecule has 8 heavy (non-hydrogen) atoms. The van der Waals surface area contributed by atoms with Crippen molar-refractivity contribution in [3.8, 4) is 0 Å². The molecule has 2 nitrogen and oxygen atoms in total. The third-order valence-corrected chi connectivity index (χ3v) is 3.03. The number of hydrogen-bond acceptors (Lipinski definition) is 2. The van der Waals surface area contributed by atoms with Crippen molar-refractivity contribution in [2.24, 2.45) is 0 Å². The molecule has 1 aliphatic rings. The predicted octanol–water partition coefficient (Wildman–Crippen LogP) is -0.273. The maximum atomic E-state index is 10.9. The number of rotatable bonds is 0. The van der Waals surface area contributed by atoms with Gasteiger partial charge in [0.1, 0.15) is 0 Å². The fourth-order valence-corrected chi connectivity index (χ4v) is 1.82. The second kappa shape index (κ2) is 2.60. The van der Waals surface area contributed by atoms with Gasteiger partial charge in [-0.3, -0.25) is 4.21 Å². The molecule has 0 saturated carbocycles. The van der Waals surface area contributed by atoms with Gasteiger partial charge in [-0.1, -0.05) is 0 Å². The molecule has 0 amide bonds. The molecule has 2 atom stereocenters. The second-order valence-corrected chi connectivity index (χ2v) is 4.07. The highest BCUT2D eigenvalue weighted by Gasteiger charge is 2.13. The van der Waals surface area contributed by atoms with Crippen LogP contribution in [-0.4, -0.2) is 28.3 Å². The van der Waals surface area contributed by atoms with E-state index in [9.17, 15) is 4.21 Å². The zero-order valence-corrected chi connectivity index (χ0v) is 5.83. The first-order valence-corrected chi connectivity index (χ1v) is 4.27. The Labute approximate surface area is 52.1 Å². The monoisotopic (exact) mass is 133 g/mol. The largest absolute Gasteiger partial charge is 0.315 e. The summed E-state index contributed by atoms with van der Waals surface area (Å²) in [6.45, 7) is 3.87. The van der Waals surface area contributed by atoms with E-state index in [-0.39, 0.29) is 0 Å². The molecule has 1 N–H and O–H groups in total. The molecule has 0 aromatic heterocycles. The van der Waals surface area contributed by atoms with Gasteiger partial charge in [0, 0.05) is 34.9 Å². The van der Waals surface area contributed by atoms with E-state index in [4.69, 9.17) is 0 Å². The highest BCUT2D eigenvalue weighted by Crippen LogP contribution is 1.97. The summed E-state index contributed by atoms with van der Waals surface area (Å²) in [4.78, 5) is 0. The van der Waals surface area contributed by atoms with E-state index in [1.54, 1.807) is 0 Å². The van der Waals surface area contributed by atoms with Crippen molar-refractivity contribution in [2.45, 2.75) is 12.2 Å². The lowest BCUT2D eigenvalue weighted by Gasteiger charge is -2.17. The third kappa shape index (κ3) is 1.29. The van der Waals surface area contributed by atoms with Crippen molar-refractivity contribution in [3.05, 3.63) is 0 Å². The van der Waals surface area contributed by atoms with E-state index in [1.807, 2.05) is 6.92 Å². The molecule has 0 aromatic rings. The fourth-order valence-electron chi connectivity index (χ4n) is 0.772. The summed E-state index contributed by atoms with van der Waals surface area (Å²) < 4.78 is 10.9. The maximum Gasteiger partial charge on any atom is 0.0444 e. The lowest BCUT2D eigenvalue weighted by Crippen LogP contribution is -2.38. The summed E-state index contributed by atoms with van der Waals surface area (Å²) in [6.07, 6.45) is 0.